The lowest BCUT2D eigenvalue weighted by Crippen LogP contribution is -2.10. The van der Waals surface area contributed by atoms with Gasteiger partial charge in [-0.2, -0.15) is 10.5 Å². The van der Waals surface area contributed by atoms with E-state index in [9.17, 15) is 50.1 Å². The number of hydrogen-bond acceptors (Lipinski definition) is 8. The topological polar surface area (TPSA) is 212 Å². The summed E-state index contributed by atoms with van der Waals surface area (Å²) in [6.07, 6.45) is 8.98. The van der Waals surface area contributed by atoms with Crippen molar-refractivity contribution in [2.45, 2.75) is 0 Å². The van der Waals surface area contributed by atoms with E-state index in [-0.39, 0.29) is 0 Å². The first kappa shape index (κ1) is 47.0. The zero-order valence-electron chi connectivity index (χ0n) is 35.4. The Labute approximate surface area is 389 Å². The molecule has 0 fully saturated rings. The van der Waals surface area contributed by atoms with E-state index in [0.717, 1.165) is 22.5 Å². The minimum Gasteiger partial charge on any atom is -0.486 e. The number of nitriles is 2. The molecule has 0 unspecified atom stereocenters. The van der Waals surface area contributed by atoms with E-state index in [0.29, 0.717) is 45.0 Å². The Kier molecular flexibility index (Phi) is 15.0. The predicted molar refractivity (Wildman–Crippen MR) is 258 cm³/mol. The molecule has 6 aromatic rings. The van der Waals surface area contributed by atoms with Crippen LogP contribution in [0, 0.1) is 35.8 Å². The van der Waals surface area contributed by atoms with E-state index in [1.807, 2.05) is 70.5 Å². The summed E-state index contributed by atoms with van der Waals surface area (Å²) in [6.45, 7) is 14.4. The number of rotatable bonds is 16. The third-order valence-electron chi connectivity index (χ3n) is 9.99. The SMILES string of the molecule is [C-]#[N+]C(=Cc1ccc(N(c2ccc(C=Cc3ccc(N(c4ccc(C=C(C#N)C(=O)O)cc4)c4ccc(C=C(C#N)C(=O)O)cc4)cc3)cc2)c2ccc(/C=C(/[N+]#[C-])C(=O)O)cc2)cc1)C(=O)O. The summed E-state index contributed by atoms with van der Waals surface area (Å²) in [6, 6.07) is 46.4. The lowest BCUT2D eigenvalue weighted by Gasteiger charge is -2.26. The highest BCUT2D eigenvalue weighted by Gasteiger charge is 2.16. The van der Waals surface area contributed by atoms with E-state index in [1.54, 1.807) is 109 Å². The van der Waals surface area contributed by atoms with Crippen LogP contribution in [-0.2, 0) is 19.2 Å². The van der Waals surface area contributed by atoms with Crippen molar-refractivity contribution in [3.63, 3.8) is 0 Å². The molecule has 0 aromatic heterocycles. The van der Waals surface area contributed by atoms with Crippen LogP contribution >= 0.6 is 0 Å². The molecule has 0 aliphatic heterocycles. The number of benzene rings is 6. The fourth-order valence-corrected chi connectivity index (χ4v) is 6.65. The number of nitrogens with zero attached hydrogens (tertiary/aromatic N) is 6. The number of carbonyl (C=O) groups is 4. The van der Waals surface area contributed by atoms with Crippen LogP contribution in [0.4, 0.5) is 34.1 Å². The van der Waals surface area contributed by atoms with Crippen molar-refractivity contribution in [1.29, 1.82) is 10.5 Å². The van der Waals surface area contributed by atoms with Crippen LogP contribution in [0.1, 0.15) is 33.4 Å². The Bertz CT molecular complexity index is 2840. The Balaban J connectivity index is 1.29. The molecule has 14 heteroatoms. The summed E-state index contributed by atoms with van der Waals surface area (Å²) in [5.41, 5.74) is 6.38. The van der Waals surface area contributed by atoms with Crippen molar-refractivity contribution in [2.75, 3.05) is 9.80 Å². The first-order chi connectivity index (χ1) is 32.8. The van der Waals surface area contributed by atoms with Crippen LogP contribution in [0.15, 0.2) is 168 Å². The molecule has 0 aliphatic carbocycles. The number of carboxylic acids is 4. The van der Waals surface area contributed by atoms with Crippen molar-refractivity contribution >= 4 is 94.5 Å². The molecular weight excluding hydrogens is 861 g/mol. The molecule has 0 aliphatic rings. The zero-order chi connectivity index (χ0) is 48.7. The van der Waals surface area contributed by atoms with Crippen LogP contribution in [0.2, 0.25) is 0 Å². The first-order valence-electron chi connectivity index (χ1n) is 20.0. The normalized spacial score (nSPS) is 11.6. The summed E-state index contributed by atoms with van der Waals surface area (Å²) in [5.74, 6) is -5.35. The quantitative estimate of drug-likeness (QED) is 0.0309. The number of anilines is 6. The molecule has 0 heterocycles. The van der Waals surface area contributed by atoms with E-state index in [1.165, 1.54) is 24.3 Å². The molecule has 0 radical (unpaired) electrons. The van der Waals surface area contributed by atoms with Gasteiger partial charge in [-0.1, -0.05) is 84.9 Å². The second-order valence-corrected chi connectivity index (χ2v) is 14.4. The molecule has 14 nitrogen and oxygen atoms in total. The third kappa shape index (κ3) is 11.7. The Morgan fingerprint density at radius 3 is 0.794 bits per heavy atom. The highest BCUT2D eigenvalue weighted by atomic mass is 16.4. The van der Waals surface area contributed by atoms with Crippen LogP contribution < -0.4 is 9.80 Å². The van der Waals surface area contributed by atoms with Gasteiger partial charge in [0.1, 0.15) is 23.3 Å². The molecule has 4 N–H and O–H groups in total. The maximum absolute atomic E-state index is 11.4. The smallest absolute Gasteiger partial charge is 0.346 e. The Hall–Kier alpha value is -10.5. The molecule has 0 atom stereocenters. The van der Waals surface area contributed by atoms with Gasteiger partial charge in [-0.15, -0.1) is 0 Å². The summed E-state index contributed by atoms with van der Waals surface area (Å²) < 4.78 is 0. The molecular formula is C54H34N6O8. The molecule has 0 saturated heterocycles. The minimum atomic E-state index is -1.34. The van der Waals surface area contributed by atoms with E-state index in [4.69, 9.17) is 13.1 Å². The summed E-state index contributed by atoms with van der Waals surface area (Å²) in [4.78, 5) is 55.8. The third-order valence-corrected chi connectivity index (χ3v) is 9.99. The second-order valence-electron chi connectivity index (χ2n) is 14.4. The Morgan fingerprint density at radius 2 is 0.603 bits per heavy atom. The van der Waals surface area contributed by atoms with Gasteiger partial charge < -0.3 is 30.2 Å². The average Bonchev–Trinajstić information content (AvgIpc) is 3.35. The van der Waals surface area contributed by atoms with E-state index >= 15 is 0 Å². The van der Waals surface area contributed by atoms with Crippen molar-refractivity contribution in [3.8, 4) is 12.1 Å². The van der Waals surface area contributed by atoms with Gasteiger partial charge in [-0.25, -0.2) is 19.3 Å². The molecule has 328 valence electrons. The van der Waals surface area contributed by atoms with Crippen molar-refractivity contribution in [3.05, 3.63) is 224 Å². The van der Waals surface area contributed by atoms with Crippen molar-refractivity contribution in [1.82, 2.24) is 0 Å². The summed E-state index contributed by atoms with van der Waals surface area (Å²) in [7, 11) is 0. The van der Waals surface area contributed by atoms with Crippen LogP contribution in [0.25, 0.3) is 46.1 Å². The highest BCUT2D eigenvalue weighted by molar-refractivity contribution is 5.98. The van der Waals surface area contributed by atoms with Gasteiger partial charge in [0.15, 0.2) is 0 Å². The second kappa shape index (κ2) is 21.7. The van der Waals surface area contributed by atoms with Crippen LogP contribution in [0.3, 0.4) is 0 Å². The zero-order valence-corrected chi connectivity index (χ0v) is 35.4. The fraction of sp³-hybridized carbons (Fsp3) is 0. The van der Waals surface area contributed by atoms with E-state index < -0.39 is 46.4 Å². The maximum Gasteiger partial charge on any atom is 0.346 e. The molecule has 68 heavy (non-hydrogen) atoms. The number of aliphatic carboxylic acids is 4. The monoisotopic (exact) mass is 894 g/mol. The summed E-state index contributed by atoms with van der Waals surface area (Å²) in [5, 5.41) is 55.8. The van der Waals surface area contributed by atoms with Gasteiger partial charge >= 0.3 is 23.9 Å². The van der Waals surface area contributed by atoms with Gasteiger partial charge in [0, 0.05) is 34.1 Å². The highest BCUT2D eigenvalue weighted by Crippen LogP contribution is 2.37. The minimum absolute atomic E-state index is 0.416. The van der Waals surface area contributed by atoms with Crippen molar-refractivity contribution in [2.24, 2.45) is 0 Å². The Morgan fingerprint density at radius 1 is 0.382 bits per heavy atom. The molecule has 0 amide bonds. The van der Waals surface area contributed by atoms with E-state index in [2.05, 4.69) is 9.69 Å². The number of carboxylic acid groups (broad SMARTS) is 4. The van der Waals surface area contributed by atoms with Crippen LogP contribution in [-0.4, -0.2) is 44.3 Å². The lowest BCUT2D eigenvalue weighted by atomic mass is 10.1. The van der Waals surface area contributed by atoms with Gasteiger partial charge in [0.25, 0.3) is 11.4 Å². The first-order valence-corrected chi connectivity index (χ1v) is 20.0. The fourth-order valence-electron chi connectivity index (χ4n) is 6.65. The van der Waals surface area contributed by atoms with Crippen LogP contribution in [0.5, 0.6) is 0 Å². The molecule has 6 aromatic carbocycles. The largest absolute Gasteiger partial charge is 0.486 e. The maximum atomic E-state index is 11.4. The van der Waals surface area contributed by atoms with Crippen molar-refractivity contribution < 1.29 is 39.6 Å². The standard InChI is InChI=1S/C54H34N6O8/c1-57-49(53(65)66)31-39-13-25-47(26-14-39)60(48-27-15-40(16-28-48)32-50(58-2)54(67)68)44-19-7-36(8-20-44)4-3-35-5-17-43(18-6-35)59(45-21-9-37(10-22-45)29-41(33-55)51(61)62)46-23-11-38(12-24-46)30-42(34-56)52(63)64/h3-32H,(H,61,62)(H,63,64)(H,65,66)(H,67,68)/b4-3?,41-29?,42-30?,49-31+,50-32?. The molecule has 0 saturated carbocycles. The molecule has 6 rings (SSSR count). The number of hydrogen-bond donors (Lipinski definition) is 4. The summed E-state index contributed by atoms with van der Waals surface area (Å²) >= 11 is 0. The predicted octanol–water partition coefficient (Wildman–Crippen LogP) is 11.5. The van der Waals surface area contributed by atoms with Gasteiger partial charge in [0.05, 0.1) is 13.1 Å². The average molecular weight is 895 g/mol. The van der Waals surface area contributed by atoms with Gasteiger partial charge in [-0.05, 0) is 130 Å². The molecule has 0 spiro atoms. The van der Waals surface area contributed by atoms with Gasteiger partial charge in [-0.3, -0.25) is 9.59 Å². The van der Waals surface area contributed by atoms with Gasteiger partial charge in [0.2, 0.25) is 0 Å². The lowest BCUT2D eigenvalue weighted by molar-refractivity contribution is -0.133. The molecule has 0 bridgehead atoms.